The average Bonchev–Trinajstić information content (AvgIpc) is 3.01. The molecule has 1 N–H and O–H groups in total. The van der Waals surface area contributed by atoms with Crippen LogP contribution >= 0.6 is 24.0 Å². The second-order valence-corrected chi connectivity index (χ2v) is 6.42. The third kappa shape index (κ3) is 3.38. The lowest BCUT2D eigenvalue weighted by molar-refractivity contribution is 0.151. The lowest BCUT2D eigenvalue weighted by Gasteiger charge is -2.38. The Labute approximate surface area is 149 Å². The minimum atomic E-state index is 0. The Balaban J connectivity index is 0.00000176. The van der Waals surface area contributed by atoms with E-state index in [-0.39, 0.29) is 24.0 Å². The predicted molar refractivity (Wildman–Crippen MR) is 98.4 cm³/mol. The van der Waals surface area contributed by atoms with Gasteiger partial charge in [-0.1, -0.05) is 6.42 Å². The fourth-order valence-electron chi connectivity index (χ4n) is 3.36. The quantitative estimate of drug-likeness (QED) is 0.464. The number of likely N-dealkylation sites (tertiary alicyclic amines) is 1. The normalized spacial score (nSPS) is 20.0. The highest BCUT2D eigenvalue weighted by Crippen LogP contribution is 2.47. The molecule has 2 aliphatic rings. The average molecular weight is 418 g/mol. The fraction of sp³-hybridized carbons (Fsp3) is 0.800. The number of hydrogen-bond acceptors (Lipinski definition) is 3. The minimum Gasteiger partial charge on any atom is -0.357 e. The van der Waals surface area contributed by atoms with Gasteiger partial charge in [0, 0.05) is 26.7 Å². The molecule has 124 valence electrons. The highest BCUT2D eigenvalue weighted by atomic mass is 127. The van der Waals surface area contributed by atoms with Crippen LogP contribution in [0.1, 0.15) is 44.3 Å². The first-order valence-corrected chi connectivity index (χ1v) is 8.02. The van der Waals surface area contributed by atoms with E-state index in [1.54, 1.807) is 0 Å². The van der Waals surface area contributed by atoms with Gasteiger partial charge in [-0.15, -0.1) is 34.2 Å². The molecule has 0 radical (unpaired) electrons. The molecule has 1 saturated carbocycles. The van der Waals surface area contributed by atoms with Crippen molar-refractivity contribution >= 4 is 29.9 Å². The largest absolute Gasteiger partial charge is 0.357 e. The van der Waals surface area contributed by atoms with E-state index >= 15 is 0 Å². The number of aliphatic imine (C=N–C) groups is 1. The summed E-state index contributed by atoms with van der Waals surface area (Å²) in [6, 6.07) is 0. The van der Waals surface area contributed by atoms with Gasteiger partial charge in [-0.2, -0.15) is 0 Å². The monoisotopic (exact) mass is 418 g/mol. The Morgan fingerprint density at radius 2 is 2.09 bits per heavy atom. The molecule has 7 heteroatoms. The van der Waals surface area contributed by atoms with E-state index < -0.39 is 0 Å². The minimum absolute atomic E-state index is 0. The topological polar surface area (TPSA) is 58.3 Å². The van der Waals surface area contributed by atoms with E-state index in [9.17, 15) is 0 Å². The summed E-state index contributed by atoms with van der Waals surface area (Å²) < 4.78 is 2.00. The van der Waals surface area contributed by atoms with Crippen LogP contribution in [0.2, 0.25) is 0 Å². The zero-order chi connectivity index (χ0) is 14.9. The molecule has 0 aromatic carbocycles. The lowest BCUT2D eigenvalue weighted by Crippen LogP contribution is -2.42. The third-order valence-corrected chi connectivity index (χ3v) is 5.04. The maximum Gasteiger partial charge on any atom is 0.194 e. The van der Waals surface area contributed by atoms with Crippen LogP contribution in [0.25, 0.3) is 0 Å². The van der Waals surface area contributed by atoms with Gasteiger partial charge >= 0.3 is 0 Å². The molecule has 2 heterocycles. The van der Waals surface area contributed by atoms with Crippen molar-refractivity contribution < 1.29 is 0 Å². The molecule has 1 saturated heterocycles. The zero-order valence-electron chi connectivity index (χ0n) is 13.8. The predicted octanol–water partition coefficient (Wildman–Crippen LogP) is 2.08. The first kappa shape index (κ1) is 17.5. The van der Waals surface area contributed by atoms with E-state index in [0.29, 0.717) is 12.0 Å². The first-order chi connectivity index (χ1) is 10.1. The number of halogens is 1. The second-order valence-electron chi connectivity index (χ2n) is 6.42. The van der Waals surface area contributed by atoms with Crippen LogP contribution in [0.4, 0.5) is 0 Å². The zero-order valence-corrected chi connectivity index (χ0v) is 16.1. The van der Waals surface area contributed by atoms with Crippen LogP contribution in [0.5, 0.6) is 0 Å². The summed E-state index contributed by atoms with van der Waals surface area (Å²) in [5, 5.41) is 11.7. The number of aryl methyl sites for hydroxylation is 1. The van der Waals surface area contributed by atoms with Crippen molar-refractivity contribution in [3.8, 4) is 0 Å². The SMILES string of the molecule is CCNC(=NCc1nnc(C)n1C)N1CCC2(CCC2)C1.I. The van der Waals surface area contributed by atoms with Gasteiger partial charge in [0.05, 0.1) is 0 Å². The van der Waals surface area contributed by atoms with Gasteiger partial charge in [0.25, 0.3) is 0 Å². The van der Waals surface area contributed by atoms with E-state index in [1.165, 1.54) is 25.7 Å². The molecule has 1 aliphatic heterocycles. The summed E-state index contributed by atoms with van der Waals surface area (Å²) in [5.74, 6) is 2.88. The van der Waals surface area contributed by atoms with E-state index in [4.69, 9.17) is 4.99 Å². The van der Waals surface area contributed by atoms with Gasteiger partial charge in [-0.25, -0.2) is 4.99 Å². The molecule has 0 bridgehead atoms. The van der Waals surface area contributed by atoms with Crippen molar-refractivity contribution in [1.29, 1.82) is 0 Å². The Morgan fingerprint density at radius 3 is 2.59 bits per heavy atom. The molecule has 0 unspecified atom stereocenters. The summed E-state index contributed by atoms with van der Waals surface area (Å²) in [5.41, 5.74) is 0.595. The smallest absolute Gasteiger partial charge is 0.194 e. The molecule has 0 atom stereocenters. The molecular weight excluding hydrogens is 391 g/mol. The number of aromatic nitrogens is 3. The van der Waals surface area contributed by atoms with Crippen molar-refractivity contribution in [2.45, 2.75) is 46.1 Å². The Bertz CT molecular complexity index is 534. The summed E-state index contributed by atoms with van der Waals surface area (Å²) >= 11 is 0. The molecule has 1 aromatic rings. The molecule has 1 spiro atoms. The van der Waals surface area contributed by atoms with Crippen LogP contribution < -0.4 is 5.32 Å². The van der Waals surface area contributed by atoms with Crippen molar-refractivity contribution in [2.24, 2.45) is 17.5 Å². The molecule has 3 rings (SSSR count). The number of rotatable bonds is 3. The van der Waals surface area contributed by atoms with Gasteiger partial charge in [0.1, 0.15) is 12.4 Å². The van der Waals surface area contributed by atoms with Crippen LogP contribution in [0, 0.1) is 12.3 Å². The van der Waals surface area contributed by atoms with Gasteiger partial charge in [0.15, 0.2) is 11.8 Å². The van der Waals surface area contributed by atoms with E-state index in [0.717, 1.165) is 37.2 Å². The molecule has 2 fully saturated rings. The lowest BCUT2D eigenvalue weighted by atomic mass is 9.68. The standard InChI is InChI=1S/C15H26N6.HI/c1-4-16-14(17-10-13-19-18-12(2)20(13)3)21-9-8-15(11-21)6-5-7-15;/h4-11H2,1-3H3,(H,16,17);1H. The fourth-order valence-corrected chi connectivity index (χ4v) is 3.36. The van der Waals surface area contributed by atoms with Crippen LogP contribution in [-0.4, -0.2) is 45.3 Å². The molecule has 0 amide bonds. The summed E-state index contributed by atoms with van der Waals surface area (Å²) in [6.07, 6.45) is 5.51. The van der Waals surface area contributed by atoms with Crippen LogP contribution in [0.3, 0.4) is 0 Å². The van der Waals surface area contributed by atoms with Crippen LogP contribution in [-0.2, 0) is 13.6 Å². The van der Waals surface area contributed by atoms with Crippen molar-refractivity contribution in [3.05, 3.63) is 11.6 Å². The molecule has 22 heavy (non-hydrogen) atoms. The third-order valence-electron chi connectivity index (χ3n) is 5.04. The van der Waals surface area contributed by atoms with Crippen molar-refractivity contribution in [3.63, 3.8) is 0 Å². The number of hydrogen-bond donors (Lipinski definition) is 1. The maximum absolute atomic E-state index is 4.77. The van der Waals surface area contributed by atoms with Gasteiger partial charge in [-0.05, 0) is 38.5 Å². The number of nitrogens with zero attached hydrogens (tertiary/aromatic N) is 5. The molecule has 1 aromatic heterocycles. The molecular formula is C15H27IN6. The second kappa shape index (κ2) is 7.14. The van der Waals surface area contributed by atoms with Crippen molar-refractivity contribution in [1.82, 2.24) is 25.0 Å². The summed E-state index contributed by atoms with van der Waals surface area (Å²) in [7, 11) is 1.99. The summed E-state index contributed by atoms with van der Waals surface area (Å²) in [6.45, 7) is 7.87. The summed E-state index contributed by atoms with van der Waals surface area (Å²) in [4.78, 5) is 7.19. The van der Waals surface area contributed by atoms with Gasteiger partial charge < -0.3 is 14.8 Å². The first-order valence-electron chi connectivity index (χ1n) is 8.02. The van der Waals surface area contributed by atoms with E-state index in [2.05, 4.69) is 27.3 Å². The number of guanidine groups is 1. The molecule has 6 nitrogen and oxygen atoms in total. The van der Waals surface area contributed by atoms with E-state index in [1.807, 2.05) is 18.5 Å². The highest BCUT2D eigenvalue weighted by Gasteiger charge is 2.43. The van der Waals surface area contributed by atoms with Crippen molar-refractivity contribution in [2.75, 3.05) is 19.6 Å². The van der Waals surface area contributed by atoms with Crippen LogP contribution in [0.15, 0.2) is 4.99 Å². The highest BCUT2D eigenvalue weighted by molar-refractivity contribution is 14.0. The van der Waals surface area contributed by atoms with Gasteiger partial charge in [0.2, 0.25) is 0 Å². The Kier molecular flexibility index (Phi) is 5.68. The Hall–Kier alpha value is -0.860. The number of nitrogens with one attached hydrogen (secondary N) is 1. The maximum atomic E-state index is 4.77. The Morgan fingerprint density at radius 1 is 1.32 bits per heavy atom. The molecule has 1 aliphatic carbocycles. The van der Waals surface area contributed by atoms with Gasteiger partial charge in [-0.3, -0.25) is 0 Å².